The highest BCUT2D eigenvalue weighted by atomic mass is 16.5. The Hall–Kier alpha value is -1.57. The van der Waals surface area contributed by atoms with Crippen LogP contribution in [0, 0.1) is 0 Å². The highest BCUT2D eigenvalue weighted by Gasteiger charge is 2.06. The molecule has 2 nitrogen and oxygen atoms in total. The van der Waals surface area contributed by atoms with Gasteiger partial charge in [-0.3, -0.25) is 4.79 Å². The van der Waals surface area contributed by atoms with Crippen LogP contribution in [-0.2, 0) is 9.53 Å². The summed E-state index contributed by atoms with van der Waals surface area (Å²) < 4.78 is 4.90. The number of allylic oxidation sites excluding steroid dienone is 4. The summed E-state index contributed by atoms with van der Waals surface area (Å²) in [6, 6.07) is 0. The van der Waals surface area contributed by atoms with Gasteiger partial charge in [-0.1, -0.05) is 25.8 Å². The van der Waals surface area contributed by atoms with Gasteiger partial charge >= 0.3 is 0 Å². The summed E-state index contributed by atoms with van der Waals surface area (Å²) in [5.41, 5.74) is 0.377. The summed E-state index contributed by atoms with van der Waals surface area (Å²) in [7, 11) is 1.47. The standard InChI is InChI=1S/C10H12O2/c1-5-8(9(11)6-2)10(7-3)12-4/h5-7H,1-3H2,4H3/b10-8-. The maximum Gasteiger partial charge on any atom is 0.188 e. The fraction of sp³-hybridized carbons (Fsp3) is 0.100. The summed E-state index contributed by atoms with van der Waals surface area (Å²) in [5, 5.41) is 0. The lowest BCUT2D eigenvalue weighted by Crippen LogP contribution is -2.00. The van der Waals surface area contributed by atoms with Crippen molar-refractivity contribution in [1.29, 1.82) is 0 Å². The molecule has 0 unspecified atom stereocenters. The smallest absolute Gasteiger partial charge is 0.188 e. The van der Waals surface area contributed by atoms with Gasteiger partial charge in [0, 0.05) is 0 Å². The highest BCUT2D eigenvalue weighted by Crippen LogP contribution is 2.09. The quantitative estimate of drug-likeness (QED) is 0.353. The molecular weight excluding hydrogens is 152 g/mol. The average Bonchev–Trinajstić information content (AvgIpc) is 2.12. The third-order valence-corrected chi connectivity index (χ3v) is 1.33. The van der Waals surface area contributed by atoms with Crippen molar-refractivity contribution in [3.63, 3.8) is 0 Å². The van der Waals surface area contributed by atoms with Crippen LogP contribution in [0.15, 0.2) is 49.3 Å². The van der Waals surface area contributed by atoms with Crippen LogP contribution in [0.5, 0.6) is 0 Å². The van der Waals surface area contributed by atoms with Crippen LogP contribution in [0.4, 0.5) is 0 Å². The van der Waals surface area contributed by atoms with Crippen LogP contribution in [0.2, 0.25) is 0 Å². The molecule has 0 aliphatic rings. The van der Waals surface area contributed by atoms with Crippen molar-refractivity contribution in [2.45, 2.75) is 0 Å². The predicted molar refractivity (Wildman–Crippen MR) is 49.6 cm³/mol. The number of rotatable bonds is 5. The Bertz CT molecular complexity index is 247. The molecule has 0 saturated heterocycles. The topological polar surface area (TPSA) is 26.3 Å². The van der Waals surface area contributed by atoms with Gasteiger partial charge in [-0.15, -0.1) is 0 Å². The number of hydrogen-bond donors (Lipinski definition) is 0. The molecule has 0 rings (SSSR count). The van der Waals surface area contributed by atoms with E-state index in [1.165, 1.54) is 25.3 Å². The van der Waals surface area contributed by atoms with Crippen LogP contribution in [0.25, 0.3) is 0 Å². The molecule has 0 atom stereocenters. The van der Waals surface area contributed by atoms with Crippen molar-refractivity contribution in [2.24, 2.45) is 0 Å². The van der Waals surface area contributed by atoms with Crippen LogP contribution in [0.3, 0.4) is 0 Å². The van der Waals surface area contributed by atoms with Gasteiger partial charge in [-0.25, -0.2) is 0 Å². The number of hydrogen-bond acceptors (Lipinski definition) is 2. The Morgan fingerprint density at radius 1 is 1.17 bits per heavy atom. The van der Waals surface area contributed by atoms with Crippen LogP contribution < -0.4 is 0 Å². The Labute approximate surface area is 72.5 Å². The van der Waals surface area contributed by atoms with E-state index < -0.39 is 0 Å². The molecule has 12 heavy (non-hydrogen) atoms. The summed E-state index contributed by atoms with van der Waals surface area (Å²) in [5.74, 6) is 0.191. The summed E-state index contributed by atoms with van der Waals surface area (Å²) >= 11 is 0. The van der Waals surface area contributed by atoms with E-state index in [1.807, 2.05) is 0 Å². The molecule has 0 amide bonds. The SMILES string of the molecule is C=CC(=O)/C(C=C)=C(/C=C)OC. The summed E-state index contributed by atoms with van der Waals surface area (Å²) in [6.45, 7) is 10.4. The van der Waals surface area contributed by atoms with Crippen LogP contribution in [-0.4, -0.2) is 12.9 Å². The second-order valence-corrected chi connectivity index (χ2v) is 1.96. The molecule has 0 radical (unpaired) electrons. The number of ether oxygens (including phenoxy) is 1. The number of carbonyl (C=O) groups excluding carboxylic acids is 1. The van der Waals surface area contributed by atoms with Crippen molar-refractivity contribution in [3.8, 4) is 0 Å². The predicted octanol–water partition coefficient (Wildman–Crippen LogP) is 2.01. The fourth-order valence-electron chi connectivity index (χ4n) is 0.736. The molecule has 0 fully saturated rings. The first-order valence-electron chi connectivity index (χ1n) is 3.41. The zero-order valence-electron chi connectivity index (χ0n) is 7.17. The third kappa shape index (κ3) is 2.23. The van der Waals surface area contributed by atoms with E-state index in [2.05, 4.69) is 19.7 Å². The van der Waals surface area contributed by atoms with Gasteiger partial charge in [-0.2, -0.15) is 0 Å². The van der Waals surface area contributed by atoms with Crippen LogP contribution >= 0.6 is 0 Å². The number of ketones is 1. The van der Waals surface area contributed by atoms with Crippen molar-refractivity contribution < 1.29 is 9.53 Å². The molecule has 0 aromatic heterocycles. The monoisotopic (exact) mass is 164 g/mol. The van der Waals surface area contributed by atoms with E-state index in [-0.39, 0.29) is 5.78 Å². The first-order valence-corrected chi connectivity index (χ1v) is 3.41. The molecule has 0 saturated carbocycles. The fourth-order valence-corrected chi connectivity index (χ4v) is 0.736. The minimum absolute atomic E-state index is 0.221. The highest BCUT2D eigenvalue weighted by molar-refractivity contribution is 6.06. The Kier molecular flexibility index (Phi) is 4.46. The molecule has 0 aliphatic heterocycles. The molecule has 2 heteroatoms. The van der Waals surface area contributed by atoms with Crippen molar-refractivity contribution in [1.82, 2.24) is 0 Å². The molecule has 0 spiro atoms. The van der Waals surface area contributed by atoms with Crippen molar-refractivity contribution in [2.75, 3.05) is 7.11 Å². The molecule has 0 aromatic rings. The van der Waals surface area contributed by atoms with E-state index in [0.29, 0.717) is 11.3 Å². The molecule has 0 heterocycles. The molecule has 0 bridgehead atoms. The maximum absolute atomic E-state index is 11.1. The maximum atomic E-state index is 11.1. The molecule has 64 valence electrons. The lowest BCUT2D eigenvalue weighted by atomic mass is 10.1. The summed E-state index contributed by atoms with van der Waals surface area (Å²) in [4.78, 5) is 11.1. The lowest BCUT2D eigenvalue weighted by molar-refractivity contribution is -0.111. The normalized spacial score (nSPS) is 11.1. The first-order chi connectivity index (χ1) is 5.71. The van der Waals surface area contributed by atoms with Gasteiger partial charge in [0.05, 0.1) is 12.7 Å². The first kappa shape index (κ1) is 10.4. The second-order valence-electron chi connectivity index (χ2n) is 1.96. The number of methoxy groups -OCH3 is 1. The van der Waals surface area contributed by atoms with E-state index in [1.54, 1.807) is 0 Å². The average molecular weight is 164 g/mol. The van der Waals surface area contributed by atoms with Gasteiger partial charge in [0.25, 0.3) is 0 Å². The number of carbonyl (C=O) groups is 1. The van der Waals surface area contributed by atoms with E-state index in [9.17, 15) is 4.79 Å². The van der Waals surface area contributed by atoms with Gasteiger partial charge in [0.2, 0.25) is 0 Å². The van der Waals surface area contributed by atoms with Gasteiger partial charge in [0.15, 0.2) is 5.78 Å². The third-order valence-electron chi connectivity index (χ3n) is 1.33. The summed E-state index contributed by atoms with van der Waals surface area (Å²) in [6.07, 6.45) is 4.09. The molecule has 0 N–H and O–H groups in total. The molecular formula is C10H12O2. The zero-order valence-corrected chi connectivity index (χ0v) is 7.17. The second kappa shape index (κ2) is 5.13. The Balaban J connectivity index is 5.06. The van der Waals surface area contributed by atoms with E-state index in [4.69, 9.17) is 4.74 Å². The lowest BCUT2D eigenvalue weighted by Gasteiger charge is -2.03. The van der Waals surface area contributed by atoms with Crippen molar-refractivity contribution in [3.05, 3.63) is 49.3 Å². The minimum atomic E-state index is -0.221. The van der Waals surface area contributed by atoms with Gasteiger partial charge < -0.3 is 4.74 Å². The minimum Gasteiger partial charge on any atom is -0.496 e. The Morgan fingerprint density at radius 3 is 2.00 bits per heavy atom. The largest absolute Gasteiger partial charge is 0.496 e. The van der Waals surface area contributed by atoms with E-state index >= 15 is 0 Å². The van der Waals surface area contributed by atoms with Crippen LogP contribution in [0.1, 0.15) is 0 Å². The Morgan fingerprint density at radius 2 is 1.75 bits per heavy atom. The van der Waals surface area contributed by atoms with E-state index in [0.717, 1.165) is 0 Å². The molecule has 0 aliphatic carbocycles. The molecule has 0 aromatic carbocycles. The van der Waals surface area contributed by atoms with Gasteiger partial charge in [0.1, 0.15) is 5.76 Å². The van der Waals surface area contributed by atoms with Gasteiger partial charge in [-0.05, 0) is 12.2 Å². The van der Waals surface area contributed by atoms with Crippen molar-refractivity contribution >= 4 is 5.78 Å². The zero-order chi connectivity index (χ0) is 9.56.